The van der Waals surface area contributed by atoms with Gasteiger partial charge in [-0.15, -0.1) is 0 Å². The third kappa shape index (κ3) is 7.94. The van der Waals surface area contributed by atoms with Crippen molar-refractivity contribution in [3.8, 4) is 11.5 Å². The van der Waals surface area contributed by atoms with Crippen LogP contribution in [0.5, 0.6) is 11.5 Å². The summed E-state index contributed by atoms with van der Waals surface area (Å²) in [5, 5.41) is 2.23. The van der Waals surface area contributed by atoms with Crippen LogP contribution < -0.4 is 14.1 Å². The molecule has 0 spiro atoms. The molecule has 0 saturated heterocycles. The monoisotopic (exact) mass is 577 g/mol. The number of nitrogens with one attached hydrogen (secondary N) is 1. The zero-order chi connectivity index (χ0) is 29.0. The number of ether oxygens (including phenoxy) is 1. The molecule has 39 heavy (non-hydrogen) atoms. The molecule has 216 valence electrons. The lowest BCUT2D eigenvalue weighted by Gasteiger charge is -2.26. The van der Waals surface area contributed by atoms with Crippen molar-refractivity contribution in [2.24, 2.45) is 0 Å². The molecule has 2 aromatic carbocycles. The van der Waals surface area contributed by atoms with Gasteiger partial charge in [-0.05, 0) is 55.7 Å². The predicted molar refractivity (Wildman–Crippen MR) is 135 cm³/mol. The van der Waals surface area contributed by atoms with Crippen molar-refractivity contribution in [2.75, 3.05) is 0 Å². The second-order valence-corrected chi connectivity index (χ2v) is 12.2. The largest absolute Gasteiger partial charge is 0.513 e. The molecule has 1 aliphatic carbocycles. The van der Waals surface area contributed by atoms with Gasteiger partial charge in [0.1, 0.15) is 17.9 Å². The molecule has 0 radical (unpaired) electrons. The van der Waals surface area contributed by atoms with Gasteiger partial charge in [-0.25, -0.2) is 17.7 Å². The molecule has 6 nitrogen and oxygen atoms in total. The lowest BCUT2D eigenvalue weighted by Crippen LogP contribution is -2.38. The van der Waals surface area contributed by atoms with Crippen LogP contribution in [0.2, 0.25) is 0 Å². The van der Waals surface area contributed by atoms with Crippen LogP contribution in [-0.4, -0.2) is 18.1 Å². The summed E-state index contributed by atoms with van der Waals surface area (Å²) in [6.07, 6.45) is 5.78. The Bertz CT molecular complexity index is 1180. The summed E-state index contributed by atoms with van der Waals surface area (Å²) in [5.41, 5.74) is 0.622. The van der Waals surface area contributed by atoms with Gasteiger partial charge >= 0.3 is 13.7 Å². The van der Waals surface area contributed by atoms with E-state index in [1.54, 1.807) is 12.1 Å². The number of carbonyl (C=O) groups excluding carboxylic acids is 1. The van der Waals surface area contributed by atoms with E-state index in [9.17, 15) is 31.3 Å². The molecule has 2 aromatic rings. The third-order valence-corrected chi connectivity index (χ3v) is 7.94. The number of hydrogen-bond donors (Lipinski definition) is 1. The maximum atomic E-state index is 14.4. The standard InChI is InChI=1S/C27H33F5NO5P/c1-16(26(34)36-18-10-8-6-5-7-9-11-18)33-39(35,37-19-14-12-17(13-15-19)27(2,3)4)38-25-23(31)21(29)20(28)22(30)24(25)32/h12-16,18H,5-11H2,1-4H3,(H,33,35)/t16-,39?/m0/s1. The van der Waals surface area contributed by atoms with E-state index in [0.29, 0.717) is 12.8 Å². The first-order chi connectivity index (χ1) is 18.2. The van der Waals surface area contributed by atoms with Gasteiger partial charge in [0.25, 0.3) is 0 Å². The number of hydrogen-bond acceptors (Lipinski definition) is 5. The fourth-order valence-corrected chi connectivity index (χ4v) is 5.63. The molecule has 12 heteroatoms. The lowest BCUT2D eigenvalue weighted by atomic mass is 9.87. The summed E-state index contributed by atoms with van der Waals surface area (Å²) in [6.45, 7) is 7.10. The van der Waals surface area contributed by atoms with Crippen molar-refractivity contribution in [1.82, 2.24) is 5.09 Å². The fraction of sp³-hybridized carbons (Fsp3) is 0.519. The fourth-order valence-electron chi connectivity index (χ4n) is 4.10. The summed E-state index contributed by atoms with van der Waals surface area (Å²) in [6, 6.07) is 4.69. The summed E-state index contributed by atoms with van der Waals surface area (Å²) in [5.74, 6) is -14.4. The van der Waals surface area contributed by atoms with Gasteiger partial charge in [-0.1, -0.05) is 52.2 Å². The second kappa shape index (κ2) is 12.7. The van der Waals surface area contributed by atoms with Gasteiger partial charge in [0.2, 0.25) is 34.8 Å². The molecule has 1 saturated carbocycles. The van der Waals surface area contributed by atoms with Crippen LogP contribution in [0.25, 0.3) is 0 Å². The van der Waals surface area contributed by atoms with E-state index in [1.165, 1.54) is 19.1 Å². The van der Waals surface area contributed by atoms with Crippen molar-refractivity contribution < 1.29 is 45.1 Å². The quantitative estimate of drug-likeness (QED) is 0.113. The highest BCUT2D eigenvalue weighted by molar-refractivity contribution is 7.52. The maximum absolute atomic E-state index is 14.4. The summed E-state index contributed by atoms with van der Waals surface area (Å²) in [7, 11) is -4.99. The van der Waals surface area contributed by atoms with Crippen molar-refractivity contribution in [2.45, 2.75) is 90.2 Å². The molecule has 2 atom stereocenters. The molecule has 0 amide bonds. The summed E-state index contributed by atoms with van der Waals surface area (Å²) < 4.78 is 99.4. The van der Waals surface area contributed by atoms with Gasteiger partial charge < -0.3 is 13.8 Å². The highest BCUT2D eigenvalue weighted by atomic mass is 31.2. The van der Waals surface area contributed by atoms with Crippen molar-refractivity contribution in [1.29, 1.82) is 0 Å². The molecular formula is C27H33F5NO5P. The van der Waals surface area contributed by atoms with E-state index in [1.807, 2.05) is 20.8 Å². The minimum absolute atomic E-state index is 0.108. The molecule has 3 rings (SSSR count). The first-order valence-electron chi connectivity index (χ1n) is 12.8. The van der Waals surface area contributed by atoms with E-state index in [2.05, 4.69) is 5.09 Å². The van der Waals surface area contributed by atoms with E-state index in [0.717, 1.165) is 37.7 Å². The predicted octanol–water partition coefficient (Wildman–Crippen LogP) is 7.88. The van der Waals surface area contributed by atoms with Crippen LogP contribution in [0.15, 0.2) is 24.3 Å². The minimum Gasteiger partial charge on any atom is -0.461 e. The highest BCUT2D eigenvalue weighted by Crippen LogP contribution is 2.48. The molecule has 1 unspecified atom stereocenters. The molecule has 1 N–H and O–H groups in total. The number of benzene rings is 2. The van der Waals surface area contributed by atoms with Crippen molar-refractivity contribution in [3.05, 3.63) is 58.9 Å². The van der Waals surface area contributed by atoms with Crippen molar-refractivity contribution in [3.63, 3.8) is 0 Å². The third-order valence-electron chi connectivity index (χ3n) is 6.37. The van der Waals surface area contributed by atoms with Gasteiger partial charge in [-0.3, -0.25) is 4.79 Å². The average molecular weight is 578 g/mol. The van der Waals surface area contributed by atoms with Crippen LogP contribution in [-0.2, 0) is 19.5 Å². The normalized spacial score (nSPS) is 17.5. The topological polar surface area (TPSA) is 73.9 Å². The number of rotatable bonds is 8. The number of carbonyl (C=O) groups is 1. The van der Waals surface area contributed by atoms with E-state index in [4.69, 9.17) is 13.8 Å². The Labute approximate surface area is 224 Å². The molecular weight excluding hydrogens is 544 g/mol. The van der Waals surface area contributed by atoms with Gasteiger partial charge in [0, 0.05) is 0 Å². The van der Waals surface area contributed by atoms with Crippen molar-refractivity contribution >= 4 is 13.7 Å². The highest BCUT2D eigenvalue weighted by Gasteiger charge is 2.38. The minimum atomic E-state index is -4.99. The van der Waals surface area contributed by atoms with Crippen LogP contribution in [0.4, 0.5) is 22.0 Å². The summed E-state index contributed by atoms with van der Waals surface area (Å²) in [4.78, 5) is 12.8. The number of esters is 1. The SMILES string of the molecule is C[C@H](NP(=O)(Oc1ccc(C(C)(C)C)cc1)Oc1c(F)c(F)c(F)c(F)c1F)C(=O)OC1CCCCCCC1. The Hall–Kier alpha value is -2.65. The first kappa shape index (κ1) is 30.9. The van der Waals surface area contributed by atoms with E-state index >= 15 is 0 Å². The van der Waals surface area contributed by atoms with E-state index in [-0.39, 0.29) is 17.3 Å². The smallest absolute Gasteiger partial charge is 0.461 e. The van der Waals surface area contributed by atoms with E-state index < -0.39 is 54.6 Å². The van der Waals surface area contributed by atoms with Gasteiger partial charge in [0.15, 0.2) is 0 Å². The Balaban J connectivity index is 1.89. The molecule has 1 aliphatic rings. The Morgan fingerprint density at radius 1 is 0.846 bits per heavy atom. The maximum Gasteiger partial charge on any atom is 0.513 e. The molecule has 0 bridgehead atoms. The Morgan fingerprint density at radius 3 is 1.85 bits per heavy atom. The molecule has 1 fully saturated rings. The summed E-state index contributed by atoms with van der Waals surface area (Å²) >= 11 is 0. The Morgan fingerprint density at radius 2 is 1.33 bits per heavy atom. The zero-order valence-corrected chi connectivity index (χ0v) is 23.2. The zero-order valence-electron chi connectivity index (χ0n) is 22.3. The number of halogens is 5. The van der Waals surface area contributed by atoms with Crippen LogP contribution in [0.3, 0.4) is 0 Å². The Kier molecular flexibility index (Phi) is 10.0. The molecule has 0 heterocycles. The van der Waals surface area contributed by atoms with Gasteiger partial charge in [-0.2, -0.15) is 13.9 Å². The van der Waals surface area contributed by atoms with Gasteiger partial charge in [0.05, 0.1) is 0 Å². The first-order valence-corrected chi connectivity index (χ1v) is 14.4. The van der Waals surface area contributed by atoms with Crippen LogP contribution >= 0.6 is 7.75 Å². The molecule has 0 aromatic heterocycles. The van der Waals surface area contributed by atoms with Crippen LogP contribution in [0, 0.1) is 29.1 Å². The lowest BCUT2D eigenvalue weighted by molar-refractivity contribution is -0.151. The molecule has 0 aliphatic heterocycles. The second-order valence-electron chi connectivity index (χ2n) is 10.6. The van der Waals surface area contributed by atoms with Crippen LogP contribution in [0.1, 0.15) is 78.2 Å². The average Bonchev–Trinajstić information content (AvgIpc) is 2.85.